The van der Waals surface area contributed by atoms with Crippen molar-refractivity contribution in [1.29, 1.82) is 0 Å². The molecule has 1 saturated heterocycles. The first kappa shape index (κ1) is 16.3. The summed E-state index contributed by atoms with van der Waals surface area (Å²) in [6.45, 7) is 1.85. The number of carbonyl (C=O) groups is 3. The lowest BCUT2D eigenvalue weighted by atomic mass is 9.91. The zero-order valence-corrected chi connectivity index (χ0v) is 12.3. The summed E-state index contributed by atoms with van der Waals surface area (Å²) in [4.78, 5) is 36.2. The van der Waals surface area contributed by atoms with E-state index < -0.39 is 29.5 Å². The predicted molar refractivity (Wildman–Crippen MR) is 78.2 cm³/mol. The van der Waals surface area contributed by atoms with Crippen molar-refractivity contribution >= 4 is 25.4 Å². The number of carbonyl (C=O) groups excluding carboxylic acids is 3. The molecule has 0 radical (unpaired) electrons. The highest BCUT2D eigenvalue weighted by molar-refractivity contribution is 6.35. The van der Waals surface area contributed by atoms with Crippen LogP contribution in [0.3, 0.4) is 0 Å². The van der Waals surface area contributed by atoms with Crippen LogP contribution in [0.5, 0.6) is 0 Å². The Morgan fingerprint density at radius 2 is 1.95 bits per heavy atom. The molecule has 1 fully saturated rings. The number of benzene rings is 1. The van der Waals surface area contributed by atoms with Crippen LogP contribution in [0.1, 0.15) is 17.3 Å². The van der Waals surface area contributed by atoms with E-state index in [2.05, 4.69) is 0 Å². The van der Waals surface area contributed by atoms with Crippen LogP contribution < -0.4 is 0 Å². The van der Waals surface area contributed by atoms with Crippen LogP contribution in [0.25, 0.3) is 0 Å². The molecular formula is C14H18BN2O5+. The number of hydrogen-bond donors (Lipinski definition) is 2. The summed E-state index contributed by atoms with van der Waals surface area (Å²) in [6, 6.07) is 7.92. The van der Waals surface area contributed by atoms with E-state index in [9.17, 15) is 24.4 Å². The second-order valence-electron chi connectivity index (χ2n) is 5.46. The van der Waals surface area contributed by atoms with Gasteiger partial charge in [-0.2, -0.15) is 0 Å². The van der Waals surface area contributed by atoms with E-state index in [4.69, 9.17) is 0 Å². The van der Waals surface area contributed by atoms with Crippen molar-refractivity contribution in [3.8, 4) is 0 Å². The van der Waals surface area contributed by atoms with Gasteiger partial charge in [-0.25, -0.2) is 4.79 Å². The molecule has 8 heteroatoms. The SMILES string of the molecule is C[C@@H]1C[N+](B(O)O)(C(=O)c2ccccc2)CCN1C(=O)C=O. The van der Waals surface area contributed by atoms with E-state index in [-0.39, 0.29) is 25.9 Å². The highest BCUT2D eigenvalue weighted by Gasteiger charge is 2.54. The number of nitrogens with zero attached hydrogens (tertiary/aromatic N) is 2. The summed E-state index contributed by atoms with van der Waals surface area (Å²) in [7, 11) is -1.89. The lowest BCUT2D eigenvalue weighted by molar-refractivity contribution is -0.768. The third kappa shape index (κ3) is 2.80. The van der Waals surface area contributed by atoms with Crippen molar-refractivity contribution in [3.05, 3.63) is 35.9 Å². The van der Waals surface area contributed by atoms with E-state index >= 15 is 0 Å². The number of aldehydes is 1. The first-order valence-corrected chi connectivity index (χ1v) is 7.01. The zero-order chi connectivity index (χ0) is 16.3. The van der Waals surface area contributed by atoms with Gasteiger partial charge in [0.15, 0.2) is 0 Å². The summed E-state index contributed by atoms with van der Waals surface area (Å²) in [5, 5.41) is 19.6. The molecule has 1 aromatic rings. The third-order valence-corrected chi connectivity index (χ3v) is 4.11. The number of amides is 2. The Kier molecular flexibility index (Phi) is 4.75. The summed E-state index contributed by atoms with van der Waals surface area (Å²) >= 11 is 0. The van der Waals surface area contributed by atoms with Crippen LogP contribution in [0.15, 0.2) is 30.3 Å². The Labute approximate surface area is 128 Å². The largest absolute Gasteiger partial charge is 0.762 e. The Balaban J connectivity index is 2.30. The lowest BCUT2D eigenvalue weighted by Gasteiger charge is -2.45. The van der Waals surface area contributed by atoms with Crippen LogP contribution in [-0.2, 0) is 9.59 Å². The van der Waals surface area contributed by atoms with Gasteiger partial charge in [0.05, 0.1) is 31.2 Å². The molecule has 1 aliphatic rings. The molecule has 0 aromatic heterocycles. The van der Waals surface area contributed by atoms with E-state index in [1.165, 1.54) is 4.90 Å². The highest BCUT2D eigenvalue weighted by atomic mass is 16.4. The maximum atomic E-state index is 12.7. The molecule has 0 aliphatic carbocycles. The molecule has 0 bridgehead atoms. The number of hydrogen-bond acceptors (Lipinski definition) is 5. The van der Waals surface area contributed by atoms with E-state index in [0.29, 0.717) is 5.56 Å². The molecule has 2 rings (SSSR count). The summed E-state index contributed by atoms with van der Waals surface area (Å²) in [6.07, 6.45) is 0.227. The number of quaternary nitrogens is 1. The Morgan fingerprint density at radius 1 is 1.32 bits per heavy atom. The van der Waals surface area contributed by atoms with Gasteiger partial charge >= 0.3 is 13.2 Å². The van der Waals surface area contributed by atoms with Gasteiger partial charge in [0.2, 0.25) is 6.29 Å². The molecule has 1 heterocycles. The predicted octanol–water partition coefficient (Wildman–Crippen LogP) is -0.957. The van der Waals surface area contributed by atoms with Gasteiger partial charge in [0.25, 0.3) is 5.91 Å². The van der Waals surface area contributed by atoms with Crippen molar-refractivity contribution in [2.75, 3.05) is 19.6 Å². The Morgan fingerprint density at radius 3 is 2.45 bits per heavy atom. The first-order valence-electron chi connectivity index (χ1n) is 7.01. The molecule has 7 nitrogen and oxygen atoms in total. The lowest BCUT2D eigenvalue weighted by Crippen LogP contribution is -2.72. The molecule has 0 spiro atoms. The minimum Gasteiger partial charge on any atom is -0.370 e. The minimum atomic E-state index is -1.89. The second-order valence-corrected chi connectivity index (χ2v) is 5.46. The van der Waals surface area contributed by atoms with Gasteiger partial charge in [-0.3, -0.25) is 14.0 Å². The van der Waals surface area contributed by atoms with Gasteiger partial charge in [-0.1, -0.05) is 18.2 Å². The van der Waals surface area contributed by atoms with Gasteiger partial charge in [-0.15, -0.1) is 0 Å². The molecule has 2 N–H and O–H groups in total. The van der Waals surface area contributed by atoms with Crippen molar-refractivity contribution in [2.24, 2.45) is 0 Å². The summed E-state index contributed by atoms with van der Waals surface area (Å²) in [5.74, 6) is -1.08. The maximum absolute atomic E-state index is 12.7. The highest BCUT2D eigenvalue weighted by Crippen LogP contribution is 2.23. The topological polar surface area (TPSA) is 94.9 Å². The molecule has 1 aromatic carbocycles. The Hall–Kier alpha value is -2.03. The van der Waals surface area contributed by atoms with Crippen LogP contribution in [0.4, 0.5) is 0 Å². The van der Waals surface area contributed by atoms with Crippen molar-refractivity contribution in [3.63, 3.8) is 0 Å². The Bertz CT molecular complexity index is 580. The molecule has 2 atom stereocenters. The smallest absolute Gasteiger partial charge is 0.370 e. The number of piperazine rings is 1. The monoisotopic (exact) mass is 305 g/mol. The van der Waals surface area contributed by atoms with E-state index in [0.717, 1.165) is 0 Å². The maximum Gasteiger partial charge on any atom is 0.762 e. The minimum absolute atomic E-state index is 0.0327. The van der Waals surface area contributed by atoms with Crippen molar-refractivity contribution in [2.45, 2.75) is 13.0 Å². The first-order chi connectivity index (χ1) is 10.4. The van der Waals surface area contributed by atoms with Crippen LogP contribution in [0.2, 0.25) is 0 Å². The fourth-order valence-electron chi connectivity index (χ4n) is 2.90. The third-order valence-electron chi connectivity index (χ3n) is 4.11. The van der Waals surface area contributed by atoms with Gasteiger partial charge in [0, 0.05) is 0 Å². The van der Waals surface area contributed by atoms with Crippen LogP contribution in [-0.4, -0.2) is 70.4 Å². The van der Waals surface area contributed by atoms with Crippen molar-refractivity contribution < 1.29 is 28.8 Å². The number of rotatable bonds is 3. The zero-order valence-electron chi connectivity index (χ0n) is 12.3. The summed E-state index contributed by atoms with van der Waals surface area (Å²) in [5.41, 5.74) is 0.373. The molecule has 116 valence electrons. The van der Waals surface area contributed by atoms with Crippen LogP contribution >= 0.6 is 0 Å². The molecule has 1 unspecified atom stereocenters. The average molecular weight is 305 g/mol. The quantitative estimate of drug-likeness (QED) is 0.426. The molecule has 22 heavy (non-hydrogen) atoms. The van der Waals surface area contributed by atoms with Gasteiger partial charge < -0.3 is 14.9 Å². The standard InChI is InChI=1S/C14H18BN2O5/c1-11-9-17(15(21)22,8-7-16(11)13(19)10-18)14(20)12-5-3-2-4-6-12/h2-6,10-11,21-22H,7-9H2,1H3/q+1/t11-,17?/m1/s1. The molecule has 1 aliphatic heterocycles. The molecule has 0 saturated carbocycles. The molecular weight excluding hydrogens is 287 g/mol. The fourth-order valence-corrected chi connectivity index (χ4v) is 2.90. The van der Waals surface area contributed by atoms with E-state index in [1.807, 2.05) is 0 Å². The second kappa shape index (κ2) is 6.39. The normalized spacial score (nSPS) is 24.7. The van der Waals surface area contributed by atoms with E-state index in [1.54, 1.807) is 37.3 Å². The van der Waals surface area contributed by atoms with Gasteiger partial charge in [0.1, 0.15) is 0 Å². The van der Waals surface area contributed by atoms with Crippen LogP contribution in [0, 0.1) is 0 Å². The fraction of sp³-hybridized carbons (Fsp3) is 0.357. The van der Waals surface area contributed by atoms with Crippen molar-refractivity contribution in [1.82, 2.24) is 4.90 Å². The molecule has 2 amide bonds. The summed E-state index contributed by atoms with van der Waals surface area (Å²) < 4.78 is -0.576. The van der Waals surface area contributed by atoms with Gasteiger partial charge in [-0.05, 0) is 19.1 Å². The average Bonchev–Trinajstić information content (AvgIpc) is 2.53.